The SMILES string of the molecule is COC(=O)CC1CCN(C(=O)C[C@@H]2NC(=O)N(Cc3cccc(F)c3)C2=O)CC1. The Morgan fingerprint density at radius 1 is 1.21 bits per heavy atom. The Morgan fingerprint density at radius 3 is 2.59 bits per heavy atom. The zero-order valence-electron chi connectivity index (χ0n) is 16.2. The fourth-order valence-electron chi connectivity index (χ4n) is 3.69. The maximum atomic E-state index is 13.3. The van der Waals surface area contributed by atoms with Crippen LogP contribution >= 0.6 is 0 Å². The summed E-state index contributed by atoms with van der Waals surface area (Å²) in [5.74, 6) is -1.23. The molecule has 9 heteroatoms. The van der Waals surface area contributed by atoms with Crippen molar-refractivity contribution in [2.45, 2.75) is 38.3 Å². The van der Waals surface area contributed by atoms with E-state index in [1.807, 2.05) is 0 Å². The van der Waals surface area contributed by atoms with Gasteiger partial charge in [-0.25, -0.2) is 9.18 Å². The van der Waals surface area contributed by atoms with Gasteiger partial charge in [0.05, 0.1) is 20.1 Å². The topological polar surface area (TPSA) is 96.0 Å². The molecule has 8 nitrogen and oxygen atoms in total. The minimum atomic E-state index is -0.920. The fourth-order valence-corrected chi connectivity index (χ4v) is 3.69. The van der Waals surface area contributed by atoms with Crippen LogP contribution in [0.5, 0.6) is 0 Å². The quantitative estimate of drug-likeness (QED) is 0.571. The number of amides is 4. The molecule has 0 unspecified atom stereocenters. The number of rotatable bonds is 6. The molecule has 29 heavy (non-hydrogen) atoms. The number of carbonyl (C=O) groups is 4. The fraction of sp³-hybridized carbons (Fsp3) is 0.500. The van der Waals surface area contributed by atoms with Gasteiger partial charge < -0.3 is 15.0 Å². The van der Waals surface area contributed by atoms with Crippen LogP contribution in [0.1, 0.15) is 31.2 Å². The Bertz CT molecular complexity index is 807. The molecule has 2 aliphatic heterocycles. The molecule has 156 valence electrons. The molecule has 1 aromatic carbocycles. The lowest BCUT2D eigenvalue weighted by atomic mass is 9.93. The van der Waals surface area contributed by atoms with Crippen molar-refractivity contribution in [3.05, 3.63) is 35.6 Å². The third-order valence-corrected chi connectivity index (χ3v) is 5.37. The smallest absolute Gasteiger partial charge is 0.325 e. The van der Waals surface area contributed by atoms with Gasteiger partial charge in [-0.2, -0.15) is 0 Å². The largest absolute Gasteiger partial charge is 0.469 e. The summed E-state index contributed by atoms with van der Waals surface area (Å²) in [7, 11) is 1.35. The van der Waals surface area contributed by atoms with E-state index < -0.39 is 23.8 Å². The maximum Gasteiger partial charge on any atom is 0.325 e. The van der Waals surface area contributed by atoms with Crippen LogP contribution in [0.15, 0.2) is 24.3 Å². The van der Waals surface area contributed by atoms with Crippen LogP contribution in [0.2, 0.25) is 0 Å². The van der Waals surface area contributed by atoms with Crippen LogP contribution in [-0.2, 0) is 25.7 Å². The Balaban J connectivity index is 1.51. The van der Waals surface area contributed by atoms with Gasteiger partial charge in [0, 0.05) is 19.5 Å². The average molecular weight is 405 g/mol. The summed E-state index contributed by atoms with van der Waals surface area (Å²) in [6.07, 6.45) is 1.60. The number of methoxy groups -OCH3 is 1. The normalized spacial score (nSPS) is 20.0. The predicted octanol–water partition coefficient (Wildman–Crippen LogP) is 1.44. The predicted molar refractivity (Wildman–Crippen MR) is 99.8 cm³/mol. The van der Waals surface area contributed by atoms with Crippen molar-refractivity contribution in [3.63, 3.8) is 0 Å². The lowest BCUT2D eigenvalue weighted by Gasteiger charge is -2.32. The first-order chi connectivity index (χ1) is 13.9. The van der Waals surface area contributed by atoms with Crippen molar-refractivity contribution in [3.8, 4) is 0 Å². The molecule has 0 radical (unpaired) electrons. The van der Waals surface area contributed by atoms with Gasteiger partial charge >= 0.3 is 12.0 Å². The Morgan fingerprint density at radius 2 is 1.93 bits per heavy atom. The molecule has 0 spiro atoms. The monoisotopic (exact) mass is 405 g/mol. The molecule has 0 aromatic heterocycles. The average Bonchev–Trinajstić information content (AvgIpc) is 2.96. The highest BCUT2D eigenvalue weighted by atomic mass is 19.1. The van der Waals surface area contributed by atoms with Crippen molar-refractivity contribution < 1.29 is 28.3 Å². The lowest BCUT2D eigenvalue weighted by Crippen LogP contribution is -2.43. The molecule has 2 saturated heterocycles. The molecule has 3 rings (SSSR count). The van der Waals surface area contributed by atoms with Crippen LogP contribution < -0.4 is 5.32 Å². The zero-order chi connectivity index (χ0) is 21.0. The second-order valence-electron chi connectivity index (χ2n) is 7.36. The standard InChI is InChI=1S/C20H24FN3O5/c1-29-18(26)10-13-5-7-23(8-6-13)17(25)11-16-19(27)24(20(28)22-16)12-14-3-2-4-15(21)9-14/h2-4,9,13,16H,5-8,10-12H2,1H3,(H,22,28)/t16-/m0/s1. The van der Waals surface area contributed by atoms with Crippen molar-refractivity contribution in [1.29, 1.82) is 0 Å². The number of nitrogens with zero attached hydrogens (tertiary/aromatic N) is 2. The summed E-state index contributed by atoms with van der Waals surface area (Å²) >= 11 is 0. The zero-order valence-corrected chi connectivity index (χ0v) is 16.2. The van der Waals surface area contributed by atoms with Gasteiger partial charge in [0.1, 0.15) is 11.9 Å². The van der Waals surface area contributed by atoms with Gasteiger partial charge in [0.25, 0.3) is 5.91 Å². The van der Waals surface area contributed by atoms with E-state index in [0.717, 1.165) is 4.90 Å². The second kappa shape index (κ2) is 9.02. The number of urea groups is 1. The van der Waals surface area contributed by atoms with E-state index in [9.17, 15) is 23.6 Å². The first kappa shape index (κ1) is 20.8. The highest BCUT2D eigenvalue weighted by molar-refractivity contribution is 6.05. The number of benzene rings is 1. The molecule has 4 amide bonds. The molecule has 0 saturated carbocycles. The number of hydrogen-bond donors (Lipinski definition) is 1. The van der Waals surface area contributed by atoms with E-state index in [0.29, 0.717) is 37.9 Å². The molecule has 1 atom stereocenters. The number of esters is 1. The van der Waals surface area contributed by atoms with E-state index in [-0.39, 0.29) is 30.8 Å². The van der Waals surface area contributed by atoms with Gasteiger partial charge in [-0.3, -0.25) is 19.3 Å². The number of ether oxygens (including phenoxy) is 1. The first-order valence-corrected chi connectivity index (χ1v) is 9.58. The molecular formula is C20H24FN3O5. The van der Waals surface area contributed by atoms with Gasteiger partial charge in [-0.05, 0) is 36.5 Å². The Labute approximate surface area is 168 Å². The van der Waals surface area contributed by atoms with E-state index >= 15 is 0 Å². The minimum Gasteiger partial charge on any atom is -0.469 e. The molecule has 1 aromatic rings. The van der Waals surface area contributed by atoms with Crippen LogP contribution in [0.25, 0.3) is 0 Å². The molecule has 0 aliphatic carbocycles. The highest BCUT2D eigenvalue weighted by Gasteiger charge is 2.40. The number of nitrogens with one attached hydrogen (secondary N) is 1. The number of hydrogen-bond acceptors (Lipinski definition) is 5. The van der Waals surface area contributed by atoms with E-state index in [2.05, 4.69) is 10.1 Å². The second-order valence-corrected chi connectivity index (χ2v) is 7.36. The van der Waals surface area contributed by atoms with Crippen molar-refractivity contribution in [2.24, 2.45) is 5.92 Å². The molecular weight excluding hydrogens is 381 g/mol. The number of piperidine rings is 1. The number of imide groups is 1. The van der Waals surface area contributed by atoms with E-state index in [4.69, 9.17) is 0 Å². The van der Waals surface area contributed by atoms with Gasteiger partial charge in [-0.15, -0.1) is 0 Å². The maximum absolute atomic E-state index is 13.3. The third-order valence-electron chi connectivity index (χ3n) is 5.37. The van der Waals surface area contributed by atoms with E-state index in [1.54, 1.807) is 11.0 Å². The van der Waals surface area contributed by atoms with Crippen molar-refractivity contribution in [1.82, 2.24) is 15.1 Å². The highest BCUT2D eigenvalue weighted by Crippen LogP contribution is 2.22. The Kier molecular flexibility index (Phi) is 6.46. The number of halogens is 1. The minimum absolute atomic E-state index is 0.0496. The van der Waals surface area contributed by atoms with Gasteiger partial charge in [0.15, 0.2) is 0 Å². The number of carbonyl (C=O) groups excluding carboxylic acids is 4. The summed E-state index contributed by atoms with van der Waals surface area (Å²) in [6, 6.07) is 4.17. The van der Waals surface area contributed by atoms with Crippen molar-refractivity contribution >= 4 is 23.8 Å². The molecule has 2 fully saturated rings. The molecule has 2 aliphatic rings. The van der Waals surface area contributed by atoms with Crippen LogP contribution in [0.4, 0.5) is 9.18 Å². The third kappa shape index (κ3) is 5.10. The molecule has 0 bridgehead atoms. The Hall–Kier alpha value is -2.97. The number of likely N-dealkylation sites (tertiary alicyclic amines) is 1. The first-order valence-electron chi connectivity index (χ1n) is 9.58. The van der Waals surface area contributed by atoms with Gasteiger partial charge in [-0.1, -0.05) is 12.1 Å². The van der Waals surface area contributed by atoms with Crippen LogP contribution in [0.3, 0.4) is 0 Å². The summed E-state index contributed by atoms with van der Waals surface area (Å²) in [6.45, 7) is 0.955. The summed E-state index contributed by atoms with van der Waals surface area (Å²) in [4.78, 5) is 51.3. The summed E-state index contributed by atoms with van der Waals surface area (Å²) in [5.41, 5.74) is 0.494. The van der Waals surface area contributed by atoms with Crippen LogP contribution in [-0.4, -0.2) is 59.9 Å². The van der Waals surface area contributed by atoms with Crippen LogP contribution in [0, 0.1) is 11.7 Å². The molecule has 2 heterocycles. The summed E-state index contributed by atoms with van der Waals surface area (Å²) in [5, 5.41) is 2.54. The van der Waals surface area contributed by atoms with Gasteiger partial charge in [0.2, 0.25) is 5.91 Å². The molecule has 1 N–H and O–H groups in total. The lowest BCUT2D eigenvalue weighted by molar-refractivity contribution is -0.142. The summed E-state index contributed by atoms with van der Waals surface area (Å²) < 4.78 is 18.0. The van der Waals surface area contributed by atoms with Crippen molar-refractivity contribution in [2.75, 3.05) is 20.2 Å². The van der Waals surface area contributed by atoms with E-state index in [1.165, 1.54) is 25.3 Å².